The Labute approximate surface area is 212 Å². The molecular weight excluding hydrogens is 507 g/mol. The number of hydrogen-bond donors (Lipinski definition) is 1. The van der Waals surface area contributed by atoms with E-state index in [0.717, 1.165) is 17.2 Å². The number of nitrogens with one attached hydrogen (secondary N) is 1. The zero-order valence-corrected chi connectivity index (χ0v) is 21.1. The molecule has 0 fully saturated rings. The van der Waals surface area contributed by atoms with Crippen LogP contribution in [0.5, 0.6) is 0 Å². The lowest BCUT2D eigenvalue weighted by Crippen LogP contribution is -2.14. The van der Waals surface area contributed by atoms with E-state index >= 15 is 0 Å². The van der Waals surface area contributed by atoms with Crippen LogP contribution in [0.1, 0.15) is 10.4 Å². The molecule has 4 aromatic rings. The molecule has 1 heterocycles. The summed E-state index contributed by atoms with van der Waals surface area (Å²) in [5.41, 5.74) is 2.29. The molecule has 5 nitrogen and oxygen atoms in total. The van der Waals surface area contributed by atoms with Gasteiger partial charge >= 0.3 is 0 Å². The Kier molecular flexibility index (Phi) is 7.25. The molecule has 0 spiro atoms. The second kappa shape index (κ2) is 10.2. The van der Waals surface area contributed by atoms with Crippen molar-refractivity contribution in [3.8, 4) is 22.4 Å². The minimum Gasteiger partial charge on any atom is -0.322 e. The van der Waals surface area contributed by atoms with Gasteiger partial charge in [0.2, 0.25) is 0 Å². The molecule has 0 saturated carbocycles. The van der Waals surface area contributed by atoms with Crippen molar-refractivity contribution in [3.05, 3.63) is 95.4 Å². The summed E-state index contributed by atoms with van der Waals surface area (Å²) in [6.07, 6.45) is 4.56. The van der Waals surface area contributed by atoms with E-state index < -0.39 is 21.6 Å². The molecule has 1 aromatic heterocycles. The fraction of sp³-hybridized carbons (Fsp3) is 0.0769. The Hall–Kier alpha value is -3.20. The number of hydrogen-bond acceptors (Lipinski definition) is 5. The van der Waals surface area contributed by atoms with E-state index in [1.165, 1.54) is 23.9 Å². The third kappa shape index (κ3) is 5.56. The maximum atomic E-state index is 14.9. The lowest BCUT2D eigenvalue weighted by Gasteiger charge is -2.14. The maximum Gasteiger partial charge on any atom is 0.256 e. The summed E-state index contributed by atoms with van der Waals surface area (Å²) >= 11 is 7.77. The van der Waals surface area contributed by atoms with Gasteiger partial charge in [-0.05, 0) is 78.5 Å². The van der Waals surface area contributed by atoms with Crippen LogP contribution < -0.4 is 5.32 Å². The molecule has 0 unspecified atom stereocenters. The molecule has 1 N–H and O–H groups in total. The maximum absolute atomic E-state index is 14.9. The number of anilines is 1. The average molecular weight is 527 g/mol. The van der Waals surface area contributed by atoms with Crippen LogP contribution in [-0.2, 0) is 9.84 Å². The zero-order chi connectivity index (χ0) is 25.2. The van der Waals surface area contributed by atoms with Crippen molar-refractivity contribution in [1.29, 1.82) is 0 Å². The molecule has 0 aliphatic heterocycles. The lowest BCUT2D eigenvalue weighted by molar-refractivity contribution is 0.102. The van der Waals surface area contributed by atoms with E-state index in [4.69, 9.17) is 11.6 Å². The number of nitrogens with zero attached hydrogens (tertiary/aromatic N) is 1. The number of pyridine rings is 1. The number of carbonyl (C=O) groups excluding carboxylic acids is 1. The first-order valence-electron chi connectivity index (χ1n) is 10.4. The van der Waals surface area contributed by atoms with Gasteiger partial charge in [0.15, 0.2) is 9.84 Å². The summed E-state index contributed by atoms with van der Waals surface area (Å²) < 4.78 is 39.0. The number of amides is 1. The molecule has 1 amide bonds. The topological polar surface area (TPSA) is 76.1 Å². The van der Waals surface area contributed by atoms with E-state index in [1.54, 1.807) is 48.7 Å². The predicted octanol–water partition coefficient (Wildman–Crippen LogP) is 6.59. The molecule has 9 heteroatoms. The number of benzene rings is 3. The van der Waals surface area contributed by atoms with Crippen molar-refractivity contribution in [2.75, 3.05) is 17.8 Å². The Morgan fingerprint density at radius 2 is 1.77 bits per heavy atom. The Bertz CT molecular complexity index is 1530. The third-order valence-corrected chi connectivity index (χ3v) is 7.46. The minimum absolute atomic E-state index is 0.0271. The number of rotatable bonds is 6. The molecule has 0 saturated heterocycles. The molecule has 0 radical (unpaired) electrons. The van der Waals surface area contributed by atoms with Crippen molar-refractivity contribution in [2.24, 2.45) is 0 Å². The Morgan fingerprint density at radius 3 is 2.46 bits per heavy atom. The van der Waals surface area contributed by atoms with Crippen LogP contribution in [0.25, 0.3) is 22.4 Å². The molecule has 0 atom stereocenters. The van der Waals surface area contributed by atoms with Gasteiger partial charge in [-0.2, -0.15) is 0 Å². The van der Waals surface area contributed by atoms with Gasteiger partial charge < -0.3 is 5.32 Å². The summed E-state index contributed by atoms with van der Waals surface area (Å²) in [5.74, 6) is -1.11. The Balaban J connectivity index is 1.77. The fourth-order valence-corrected chi connectivity index (χ4v) is 4.83. The van der Waals surface area contributed by atoms with Crippen molar-refractivity contribution >= 4 is 44.8 Å². The average Bonchev–Trinajstić information content (AvgIpc) is 2.85. The predicted molar refractivity (Wildman–Crippen MR) is 139 cm³/mol. The van der Waals surface area contributed by atoms with Crippen LogP contribution in [0, 0.1) is 5.82 Å². The van der Waals surface area contributed by atoms with Crippen molar-refractivity contribution in [3.63, 3.8) is 0 Å². The van der Waals surface area contributed by atoms with E-state index in [2.05, 4.69) is 10.3 Å². The second-order valence-electron chi connectivity index (χ2n) is 7.69. The highest BCUT2D eigenvalue weighted by Crippen LogP contribution is 2.33. The van der Waals surface area contributed by atoms with Crippen molar-refractivity contribution in [1.82, 2.24) is 4.98 Å². The highest BCUT2D eigenvalue weighted by molar-refractivity contribution is 7.98. The van der Waals surface area contributed by atoms with Gasteiger partial charge in [0, 0.05) is 39.7 Å². The van der Waals surface area contributed by atoms with Crippen molar-refractivity contribution in [2.45, 2.75) is 9.79 Å². The number of aromatic nitrogens is 1. The first-order chi connectivity index (χ1) is 16.7. The number of thioether (sulfide) groups is 1. The largest absolute Gasteiger partial charge is 0.322 e. The van der Waals surface area contributed by atoms with Gasteiger partial charge in [-0.1, -0.05) is 17.7 Å². The molecule has 0 aliphatic carbocycles. The van der Waals surface area contributed by atoms with Gasteiger partial charge in [-0.3, -0.25) is 9.78 Å². The molecule has 178 valence electrons. The lowest BCUT2D eigenvalue weighted by atomic mass is 9.98. The first kappa shape index (κ1) is 24.9. The first-order valence-corrected chi connectivity index (χ1v) is 13.9. The highest BCUT2D eigenvalue weighted by Gasteiger charge is 2.19. The quantitative estimate of drug-likeness (QED) is 0.227. The van der Waals surface area contributed by atoms with Crippen LogP contribution in [0.4, 0.5) is 10.1 Å². The number of halogens is 2. The summed E-state index contributed by atoms with van der Waals surface area (Å²) in [6.45, 7) is 0. The molecule has 0 aliphatic rings. The summed E-state index contributed by atoms with van der Waals surface area (Å²) in [6, 6.07) is 19.0. The summed E-state index contributed by atoms with van der Waals surface area (Å²) in [4.78, 5) is 18.4. The van der Waals surface area contributed by atoms with Gasteiger partial charge in [-0.25, -0.2) is 12.8 Å². The van der Waals surface area contributed by atoms with Crippen LogP contribution >= 0.6 is 23.4 Å². The fourth-order valence-electron chi connectivity index (χ4n) is 3.53. The molecule has 35 heavy (non-hydrogen) atoms. The van der Waals surface area contributed by atoms with E-state index in [0.29, 0.717) is 22.0 Å². The SMILES string of the molecule is CSc1ccc(C(=O)Nc2ccc(Cl)c(-c3ccccn3)c2)c(-c2cc(S(C)(=O)=O)ccc2F)c1. The molecule has 4 rings (SSSR count). The van der Waals surface area contributed by atoms with Crippen LogP contribution in [0.3, 0.4) is 0 Å². The molecular formula is C26H20ClFN2O3S2. The normalized spacial score (nSPS) is 11.3. The molecule has 0 bridgehead atoms. The highest BCUT2D eigenvalue weighted by atomic mass is 35.5. The zero-order valence-electron chi connectivity index (χ0n) is 18.7. The summed E-state index contributed by atoms with van der Waals surface area (Å²) in [5, 5.41) is 3.31. The van der Waals surface area contributed by atoms with Crippen LogP contribution in [-0.4, -0.2) is 31.8 Å². The van der Waals surface area contributed by atoms with Crippen LogP contribution in [0.2, 0.25) is 5.02 Å². The molecule has 3 aromatic carbocycles. The van der Waals surface area contributed by atoms with E-state index in [9.17, 15) is 17.6 Å². The Morgan fingerprint density at radius 1 is 0.971 bits per heavy atom. The van der Waals surface area contributed by atoms with Gasteiger partial charge in [0.1, 0.15) is 5.82 Å². The minimum atomic E-state index is -3.57. The standard InChI is InChI=1S/C26H20ClFN2O3S2/c1-34-17-7-9-19(20(14-17)21-15-18(35(2,32)33)8-11-24(21)28)26(31)30-16-6-10-23(27)22(13-16)25-5-3-4-12-29-25/h3-15H,1-2H3,(H,30,31). The van der Waals surface area contributed by atoms with E-state index in [1.807, 2.05) is 18.4 Å². The van der Waals surface area contributed by atoms with Crippen LogP contribution in [0.15, 0.2) is 88.8 Å². The summed E-state index contributed by atoms with van der Waals surface area (Å²) in [7, 11) is -3.57. The second-order valence-corrected chi connectivity index (χ2v) is 11.0. The van der Waals surface area contributed by atoms with Gasteiger partial charge in [-0.15, -0.1) is 11.8 Å². The van der Waals surface area contributed by atoms with Crippen molar-refractivity contribution < 1.29 is 17.6 Å². The third-order valence-electron chi connectivity index (χ3n) is 5.29. The smallest absolute Gasteiger partial charge is 0.256 e. The van der Waals surface area contributed by atoms with E-state index in [-0.39, 0.29) is 21.6 Å². The van der Waals surface area contributed by atoms with Gasteiger partial charge in [0.25, 0.3) is 5.91 Å². The van der Waals surface area contributed by atoms with Gasteiger partial charge in [0.05, 0.1) is 15.6 Å². The number of carbonyl (C=O) groups is 1. The monoisotopic (exact) mass is 526 g/mol. The number of sulfone groups is 1.